The van der Waals surface area contributed by atoms with Gasteiger partial charge in [-0.2, -0.15) is 16.1 Å². The molecule has 0 saturated carbocycles. The van der Waals surface area contributed by atoms with Crippen molar-refractivity contribution in [1.29, 1.82) is 0 Å². The Morgan fingerprint density at radius 2 is 1.75 bits per heavy atom. The predicted molar refractivity (Wildman–Crippen MR) is 85.9 cm³/mol. The minimum Gasteiger partial charge on any atom is -0.385 e. The molecular formula is C14H22N2O2S2. The highest BCUT2D eigenvalue weighted by molar-refractivity contribution is 8.00. The summed E-state index contributed by atoms with van der Waals surface area (Å²) in [7, 11) is -3.37. The van der Waals surface area contributed by atoms with E-state index in [1.807, 2.05) is 30.8 Å². The zero-order valence-corrected chi connectivity index (χ0v) is 13.8. The minimum absolute atomic E-state index is 0.342. The fraction of sp³-hybridized carbons (Fsp3) is 0.571. The molecule has 1 aliphatic rings. The zero-order valence-electron chi connectivity index (χ0n) is 12.2. The molecule has 1 aliphatic heterocycles. The molecule has 1 fully saturated rings. The van der Waals surface area contributed by atoms with Gasteiger partial charge in [-0.1, -0.05) is 13.8 Å². The first kappa shape index (κ1) is 15.7. The van der Waals surface area contributed by atoms with Gasteiger partial charge in [-0.05, 0) is 31.2 Å². The van der Waals surface area contributed by atoms with Crippen LogP contribution in [0.25, 0.3) is 0 Å². The number of sulfonamides is 1. The second kappa shape index (κ2) is 6.37. The summed E-state index contributed by atoms with van der Waals surface area (Å²) in [4.78, 5) is 0.380. The largest absolute Gasteiger partial charge is 0.385 e. The number of hydrogen-bond donors (Lipinski definition) is 1. The van der Waals surface area contributed by atoms with E-state index >= 15 is 0 Å². The van der Waals surface area contributed by atoms with Gasteiger partial charge in [0, 0.05) is 35.8 Å². The summed E-state index contributed by atoms with van der Waals surface area (Å²) in [5.74, 6) is 0. The first-order valence-electron chi connectivity index (χ1n) is 6.93. The Labute approximate surface area is 126 Å². The first-order chi connectivity index (χ1) is 9.43. The average Bonchev–Trinajstić information content (AvgIpc) is 2.38. The lowest BCUT2D eigenvalue weighted by Gasteiger charge is -2.33. The Bertz CT molecular complexity index is 533. The summed E-state index contributed by atoms with van der Waals surface area (Å²) >= 11 is 1.85. The summed E-state index contributed by atoms with van der Waals surface area (Å²) in [5.41, 5.74) is 0.947. The van der Waals surface area contributed by atoms with Crippen LogP contribution < -0.4 is 5.32 Å². The van der Waals surface area contributed by atoms with E-state index in [9.17, 15) is 8.42 Å². The number of benzene rings is 1. The maximum absolute atomic E-state index is 12.6. The molecule has 0 spiro atoms. The number of anilines is 1. The van der Waals surface area contributed by atoms with Crippen molar-refractivity contribution in [3.63, 3.8) is 0 Å². The van der Waals surface area contributed by atoms with Crippen molar-refractivity contribution in [2.75, 3.05) is 25.0 Å². The van der Waals surface area contributed by atoms with Gasteiger partial charge in [0.05, 0.1) is 4.90 Å². The average molecular weight is 314 g/mol. The molecule has 0 amide bonds. The molecule has 20 heavy (non-hydrogen) atoms. The van der Waals surface area contributed by atoms with Crippen LogP contribution in [-0.2, 0) is 10.0 Å². The highest BCUT2D eigenvalue weighted by Crippen LogP contribution is 2.29. The lowest BCUT2D eigenvalue weighted by molar-refractivity contribution is 0.405. The molecule has 0 bridgehead atoms. The number of nitrogens with one attached hydrogen (secondary N) is 1. The van der Waals surface area contributed by atoms with E-state index in [4.69, 9.17) is 0 Å². The maximum atomic E-state index is 12.6. The molecular weight excluding hydrogens is 292 g/mol. The van der Waals surface area contributed by atoms with Crippen LogP contribution in [0.1, 0.15) is 20.8 Å². The maximum Gasteiger partial charge on any atom is 0.243 e. The molecule has 4 nitrogen and oxygen atoms in total. The van der Waals surface area contributed by atoms with Crippen molar-refractivity contribution in [1.82, 2.24) is 4.31 Å². The van der Waals surface area contributed by atoms with Gasteiger partial charge in [0.1, 0.15) is 0 Å². The van der Waals surface area contributed by atoms with Gasteiger partial charge in [-0.3, -0.25) is 0 Å². The van der Waals surface area contributed by atoms with Crippen LogP contribution in [0.2, 0.25) is 0 Å². The molecule has 6 heteroatoms. The lowest BCUT2D eigenvalue weighted by atomic mass is 10.3. The van der Waals surface area contributed by atoms with E-state index in [1.165, 1.54) is 0 Å². The van der Waals surface area contributed by atoms with Gasteiger partial charge in [-0.15, -0.1) is 0 Å². The van der Waals surface area contributed by atoms with E-state index in [0.717, 1.165) is 12.2 Å². The summed E-state index contributed by atoms with van der Waals surface area (Å²) < 4.78 is 26.9. The van der Waals surface area contributed by atoms with Crippen molar-refractivity contribution in [3.05, 3.63) is 24.3 Å². The second-order valence-electron chi connectivity index (χ2n) is 5.13. The molecule has 0 aromatic heterocycles. The van der Waals surface area contributed by atoms with Crippen LogP contribution in [-0.4, -0.2) is 42.9 Å². The molecule has 1 saturated heterocycles. The van der Waals surface area contributed by atoms with E-state index in [-0.39, 0.29) is 0 Å². The van der Waals surface area contributed by atoms with Gasteiger partial charge in [0.15, 0.2) is 0 Å². The topological polar surface area (TPSA) is 49.4 Å². The van der Waals surface area contributed by atoms with Gasteiger partial charge >= 0.3 is 0 Å². The molecule has 1 N–H and O–H groups in total. The molecule has 2 atom stereocenters. The van der Waals surface area contributed by atoms with Gasteiger partial charge in [-0.25, -0.2) is 8.42 Å². The number of thioether (sulfide) groups is 1. The lowest BCUT2D eigenvalue weighted by Crippen LogP contribution is -2.43. The highest BCUT2D eigenvalue weighted by Gasteiger charge is 2.31. The third kappa shape index (κ3) is 3.48. The van der Waals surface area contributed by atoms with Crippen molar-refractivity contribution < 1.29 is 8.42 Å². The van der Waals surface area contributed by atoms with Crippen molar-refractivity contribution in [2.24, 2.45) is 0 Å². The molecule has 112 valence electrons. The summed E-state index contributed by atoms with van der Waals surface area (Å²) in [6.45, 7) is 8.18. The molecule has 1 heterocycles. The SMILES string of the molecule is CCNc1ccc(S(=O)(=O)N2CC(C)SC(C)C2)cc1. The second-order valence-corrected chi connectivity index (χ2v) is 8.95. The van der Waals surface area contributed by atoms with E-state index in [1.54, 1.807) is 16.4 Å². The van der Waals surface area contributed by atoms with Crippen LogP contribution in [0.5, 0.6) is 0 Å². The molecule has 2 rings (SSSR count). The molecule has 0 radical (unpaired) electrons. The van der Waals surface area contributed by atoms with Crippen LogP contribution in [0.3, 0.4) is 0 Å². The third-order valence-corrected chi connectivity index (χ3v) is 6.33. The van der Waals surface area contributed by atoms with Crippen LogP contribution in [0.15, 0.2) is 29.2 Å². The number of nitrogens with zero attached hydrogens (tertiary/aromatic N) is 1. The van der Waals surface area contributed by atoms with Crippen molar-refractivity contribution in [3.8, 4) is 0 Å². The normalized spacial score (nSPS) is 24.6. The van der Waals surface area contributed by atoms with E-state index in [2.05, 4.69) is 19.2 Å². The van der Waals surface area contributed by atoms with Crippen LogP contribution in [0, 0.1) is 0 Å². The quantitative estimate of drug-likeness (QED) is 0.928. The van der Waals surface area contributed by atoms with E-state index < -0.39 is 10.0 Å². The standard InChI is InChI=1S/C14H22N2O2S2/c1-4-15-13-5-7-14(8-6-13)20(17,18)16-9-11(2)19-12(3)10-16/h5-8,11-12,15H,4,9-10H2,1-3H3. The predicted octanol–water partition coefficient (Wildman–Crippen LogP) is 2.63. The monoisotopic (exact) mass is 314 g/mol. The molecule has 0 aliphatic carbocycles. The highest BCUT2D eigenvalue weighted by atomic mass is 32.2. The minimum atomic E-state index is -3.37. The summed E-state index contributed by atoms with van der Waals surface area (Å²) in [5, 5.41) is 3.85. The van der Waals surface area contributed by atoms with Crippen LogP contribution >= 0.6 is 11.8 Å². The summed E-state index contributed by atoms with van der Waals surface area (Å²) in [6.07, 6.45) is 0. The number of rotatable bonds is 4. The number of hydrogen-bond acceptors (Lipinski definition) is 4. The van der Waals surface area contributed by atoms with Crippen molar-refractivity contribution in [2.45, 2.75) is 36.2 Å². The smallest absolute Gasteiger partial charge is 0.243 e. The molecule has 1 aromatic carbocycles. The Morgan fingerprint density at radius 3 is 2.25 bits per heavy atom. The van der Waals surface area contributed by atoms with E-state index in [0.29, 0.717) is 28.5 Å². The zero-order chi connectivity index (χ0) is 14.8. The molecule has 2 unspecified atom stereocenters. The molecule has 1 aromatic rings. The Balaban J connectivity index is 2.21. The first-order valence-corrected chi connectivity index (χ1v) is 9.31. The van der Waals surface area contributed by atoms with Crippen molar-refractivity contribution >= 4 is 27.5 Å². The Morgan fingerprint density at radius 1 is 1.20 bits per heavy atom. The van der Waals surface area contributed by atoms with Gasteiger partial charge in [0.25, 0.3) is 0 Å². The van der Waals surface area contributed by atoms with Gasteiger partial charge in [0.2, 0.25) is 10.0 Å². The Kier molecular flexibility index (Phi) is 4.99. The van der Waals surface area contributed by atoms with Gasteiger partial charge < -0.3 is 5.32 Å². The van der Waals surface area contributed by atoms with Crippen LogP contribution in [0.4, 0.5) is 5.69 Å². The summed E-state index contributed by atoms with van der Waals surface area (Å²) in [6, 6.07) is 7.01. The fourth-order valence-electron chi connectivity index (χ4n) is 2.42. The Hall–Kier alpha value is -0.720. The fourth-order valence-corrected chi connectivity index (χ4v) is 5.56. The third-order valence-electron chi connectivity index (χ3n) is 3.26.